The normalized spacial score (nSPS) is 11.8. The van der Waals surface area contributed by atoms with Gasteiger partial charge in [0.05, 0.1) is 16.3 Å². The van der Waals surface area contributed by atoms with Gasteiger partial charge in [-0.2, -0.15) is 0 Å². The number of fused-ring (bicyclic) bond motifs is 1. The number of pyridine rings is 1. The van der Waals surface area contributed by atoms with Crippen molar-refractivity contribution in [3.63, 3.8) is 0 Å². The average Bonchev–Trinajstić information content (AvgIpc) is 3.54. The quantitative estimate of drug-likeness (QED) is 0.168. The predicted molar refractivity (Wildman–Crippen MR) is 149 cm³/mol. The van der Waals surface area contributed by atoms with Crippen LogP contribution >= 0.6 is 22.9 Å². The molecule has 2 N–H and O–H groups in total. The predicted octanol–water partition coefficient (Wildman–Crippen LogP) is 5.88. The lowest BCUT2D eigenvalue weighted by molar-refractivity contribution is -0.670. The first-order chi connectivity index (χ1) is 18.5. The van der Waals surface area contributed by atoms with E-state index in [0.29, 0.717) is 20.9 Å². The van der Waals surface area contributed by atoms with E-state index in [1.807, 2.05) is 91.9 Å². The molecule has 0 amide bonds. The van der Waals surface area contributed by atoms with Gasteiger partial charge in [0.1, 0.15) is 4.83 Å². The number of halogens is 1. The van der Waals surface area contributed by atoms with Crippen molar-refractivity contribution in [3.05, 3.63) is 107 Å². The third-order valence-electron chi connectivity index (χ3n) is 6.08. The molecule has 3 heterocycles. The van der Waals surface area contributed by atoms with E-state index in [1.54, 1.807) is 6.20 Å². The molecule has 0 bridgehead atoms. The number of nitrogens with zero attached hydrogens (tertiary/aromatic N) is 4. The Hall–Kier alpha value is -4.53. The number of anilines is 1. The highest BCUT2D eigenvalue weighted by Gasteiger charge is 2.19. The lowest BCUT2D eigenvalue weighted by Gasteiger charge is -2.10. The summed E-state index contributed by atoms with van der Waals surface area (Å²) in [4.78, 5) is 9.92. The number of hydrogen-bond donors (Lipinski definition) is 1. The number of rotatable bonds is 5. The number of hydrogen-bond acceptors (Lipinski definition) is 7. The van der Waals surface area contributed by atoms with Crippen LogP contribution in [0.3, 0.4) is 0 Å². The largest absolute Gasteiger partial charge is 0.857 e. The number of benzene rings is 3. The van der Waals surface area contributed by atoms with Crippen LogP contribution in [0.4, 0.5) is 11.6 Å². The van der Waals surface area contributed by atoms with E-state index in [2.05, 4.69) is 10.3 Å². The summed E-state index contributed by atoms with van der Waals surface area (Å²) in [7, 11) is 0. The van der Waals surface area contributed by atoms with Gasteiger partial charge in [-0.1, -0.05) is 71.8 Å². The van der Waals surface area contributed by atoms with Crippen LogP contribution in [0.25, 0.3) is 38.3 Å². The molecule has 0 saturated carbocycles. The van der Waals surface area contributed by atoms with Gasteiger partial charge in [0, 0.05) is 34.0 Å². The molecular weight excluding hydrogens is 518 g/mol. The van der Waals surface area contributed by atoms with Crippen LogP contribution in [0.2, 0.25) is 5.02 Å². The number of nitrogen functional groups attached to an aromatic ring is 1. The molecule has 6 rings (SSSR count). The van der Waals surface area contributed by atoms with Crippen LogP contribution in [-0.2, 0) is 0 Å². The van der Waals surface area contributed by atoms with Gasteiger partial charge < -0.3 is 10.8 Å². The van der Waals surface area contributed by atoms with E-state index in [-0.39, 0.29) is 10.8 Å². The Labute approximate surface area is 227 Å². The van der Waals surface area contributed by atoms with Crippen molar-refractivity contribution in [3.8, 4) is 28.1 Å². The van der Waals surface area contributed by atoms with Crippen LogP contribution < -0.4 is 15.5 Å². The Kier molecular flexibility index (Phi) is 6.11. The lowest BCUT2D eigenvalue weighted by atomic mass is 9.99. The molecule has 3 aromatic carbocycles. The van der Waals surface area contributed by atoms with E-state index in [9.17, 15) is 5.11 Å². The maximum atomic E-state index is 13.3. The van der Waals surface area contributed by atoms with Crippen molar-refractivity contribution in [1.29, 1.82) is 0 Å². The zero-order valence-electron chi connectivity index (χ0n) is 20.1. The monoisotopic (exact) mass is 537 g/mol. The van der Waals surface area contributed by atoms with E-state index >= 15 is 0 Å². The SMILES string of the molecule is Cc1ccc(-c2cc(-c3ccc(Cl)cc3)nc3sc(/C([O-])=N/c4c[n+](-c5ccccc5)no4)c(N)c23)cc1. The standard InChI is InChI=1S/C29H20ClN5O2S/c1-17-7-9-18(10-8-17)22-15-23(19-11-13-20(30)14-12-19)32-29-25(22)26(31)27(38-29)28(36)33-24-16-35(34-37-24)21-5-3-2-4-6-21/h2-16H,1H3,(H2-,31,33,34,36). The smallest absolute Gasteiger partial charge is 0.321 e. The first-order valence-electron chi connectivity index (χ1n) is 11.7. The Bertz CT molecular complexity index is 1790. The van der Waals surface area contributed by atoms with Crippen molar-refractivity contribution in [2.45, 2.75) is 6.92 Å². The molecule has 0 aliphatic heterocycles. The Morgan fingerprint density at radius 1 is 1.00 bits per heavy atom. The second kappa shape index (κ2) is 9.74. The molecule has 0 aliphatic carbocycles. The zero-order valence-corrected chi connectivity index (χ0v) is 21.7. The van der Waals surface area contributed by atoms with Crippen LogP contribution in [-0.4, -0.2) is 16.2 Å². The molecule has 186 valence electrons. The van der Waals surface area contributed by atoms with Gasteiger partial charge in [-0.15, -0.1) is 11.3 Å². The molecule has 0 atom stereocenters. The maximum Gasteiger partial charge on any atom is 0.321 e. The summed E-state index contributed by atoms with van der Waals surface area (Å²) >= 11 is 7.31. The van der Waals surface area contributed by atoms with Crippen LogP contribution in [0.15, 0.2) is 101 Å². The van der Waals surface area contributed by atoms with E-state index in [4.69, 9.17) is 26.8 Å². The average molecular weight is 538 g/mol. The summed E-state index contributed by atoms with van der Waals surface area (Å²) in [6.07, 6.45) is 1.55. The van der Waals surface area contributed by atoms with Gasteiger partial charge in [-0.05, 0) is 40.9 Å². The molecule has 0 saturated heterocycles. The second-order valence-electron chi connectivity index (χ2n) is 8.69. The molecule has 0 unspecified atom stereocenters. The minimum absolute atomic E-state index is 0.0734. The lowest BCUT2D eigenvalue weighted by Crippen LogP contribution is -2.30. The Morgan fingerprint density at radius 3 is 2.45 bits per heavy atom. The van der Waals surface area contributed by atoms with Crippen LogP contribution in [0.5, 0.6) is 0 Å². The van der Waals surface area contributed by atoms with E-state index in [1.165, 1.54) is 16.0 Å². The van der Waals surface area contributed by atoms with Crippen molar-refractivity contribution < 1.29 is 14.3 Å². The Morgan fingerprint density at radius 2 is 1.71 bits per heavy atom. The van der Waals surface area contributed by atoms with Crippen molar-refractivity contribution in [2.24, 2.45) is 4.99 Å². The number of aromatic nitrogens is 3. The van der Waals surface area contributed by atoms with E-state index in [0.717, 1.165) is 33.6 Å². The summed E-state index contributed by atoms with van der Waals surface area (Å²) in [5, 5.41) is 18.6. The minimum Gasteiger partial charge on any atom is -0.857 e. The third kappa shape index (κ3) is 4.51. The number of para-hydroxylation sites is 1. The fourth-order valence-electron chi connectivity index (χ4n) is 4.15. The number of aliphatic imine (C=N–C) groups is 1. The van der Waals surface area contributed by atoms with Gasteiger partial charge in [-0.3, -0.25) is 4.52 Å². The fraction of sp³-hybridized carbons (Fsp3) is 0.0345. The van der Waals surface area contributed by atoms with Crippen LogP contribution in [0.1, 0.15) is 10.4 Å². The first-order valence-corrected chi connectivity index (χ1v) is 12.9. The molecule has 6 aromatic rings. The number of nitrogens with two attached hydrogens (primary N) is 1. The summed E-state index contributed by atoms with van der Waals surface area (Å²) in [5.74, 6) is -0.450. The maximum absolute atomic E-state index is 13.3. The second-order valence-corrected chi connectivity index (χ2v) is 10.1. The molecule has 0 aliphatic rings. The van der Waals surface area contributed by atoms with Gasteiger partial charge in [0.2, 0.25) is 11.0 Å². The van der Waals surface area contributed by atoms with E-state index < -0.39 is 5.90 Å². The highest BCUT2D eigenvalue weighted by molar-refractivity contribution is 7.21. The molecule has 0 radical (unpaired) electrons. The minimum atomic E-state index is -0.523. The molecule has 0 spiro atoms. The van der Waals surface area contributed by atoms with Crippen molar-refractivity contribution >= 4 is 50.6 Å². The number of aryl methyl sites for hydroxylation is 1. The van der Waals surface area contributed by atoms with Gasteiger partial charge >= 0.3 is 5.88 Å². The van der Waals surface area contributed by atoms with Gasteiger partial charge in [0.25, 0.3) is 6.20 Å². The zero-order chi connectivity index (χ0) is 26.2. The molecule has 3 aromatic heterocycles. The van der Waals surface area contributed by atoms with Gasteiger partial charge in [0.15, 0.2) is 0 Å². The fourth-order valence-corrected chi connectivity index (χ4v) is 5.28. The first kappa shape index (κ1) is 23.8. The summed E-state index contributed by atoms with van der Waals surface area (Å²) < 4.78 is 6.79. The number of thiophene rings is 1. The molecule has 7 nitrogen and oxygen atoms in total. The van der Waals surface area contributed by atoms with Crippen LogP contribution in [0, 0.1) is 6.92 Å². The summed E-state index contributed by atoms with van der Waals surface area (Å²) in [6.45, 7) is 2.03. The third-order valence-corrected chi connectivity index (χ3v) is 7.42. The molecular formula is C29H20ClN5O2S. The highest BCUT2D eigenvalue weighted by atomic mass is 35.5. The summed E-state index contributed by atoms with van der Waals surface area (Å²) in [6, 6.07) is 27.0. The molecule has 38 heavy (non-hydrogen) atoms. The molecule has 0 fully saturated rings. The van der Waals surface area contributed by atoms with Crippen molar-refractivity contribution in [1.82, 2.24) is 10.3 Å². The van der Waals surface area contributed by atoms with Crippen molar-refractivity contribution in [2.75, 3.05) is 5.73 Å². The topological polar surface area (TPSA) is 104 Å². The Balaban J connectivity index is 1.48. The van der Waals surface area contributed by atoms with Gasteiger partial charge in [-0.25, -0.2) is 9.98 Å². The molecule has 9 heteroatoms. The summed E-state index contributed by atoms with van der Waals surface area (Å²) in [5.41, 5.74) is 12.4. The highest BCUT2D eigenvalue weighted by Crippen LogP contribution is 2.41.